The number of esters is 1. The van der Waals surface area contributed by atoms with Gasteiger partial charge in [0.15, 0.2) is 0 Å². The van der Waals surface area contributed by atoms with Crippen molar-refractivity contribution in [3.63, 3.8) is 0 Å². The number of halogens is 1. The van der Waals surface area contributed by atoms with Crippen molar-refractivity contribution in [1.82, 2.24) is 0 Å². The smallest absolute Gasteiger partial charge is 0.309 e. The Bertz CT molecular complexity index is 374. The molecule has 1 aromatic rings. The van der Waals surface area contributed by atoms with Gasteiger partial charge >= 0.3 is 5.97 Å². The summed E-state index contributed by atoms with van der Waals surface area (Å²) in [6.45, 7) is 0.585. The highest BCUT2D eigenvalue weighted by Gasteiger charge is 2.44. The van der Waals surface area contributed by atoms with Gasteiger partial charge in [0, 0.05) is 10.4 Å². The molecule has 0 saturated heterocycles. The molecule has 2 rings (SSSR count). The van der Waals surface area contributed by atoms with Crippen molar-refractivity contribution in [1.29, 1.82) is 0 Å². The van der Waals surface area contributed by atoms with Gasteiger partial charge in [0.1, 0.15) is 5.75 Å². The lowest BCUT2D eigenvalue weighted by molar-refractivity contribution is -0.142. The Labute approximate surface area is 103 Å². The summed E-state index contributed by atoms with van der Waals surface area (Å²) in [7, 11) is 1.42. The molecule has 0 N–H and O–H groups in total. The van der Waals surface area contributed by atoms with Gasteiger partial charge in [0.25, 0.3) is 0 Å². The third-order valence-corrected chi connectivity index (χ3v) is 3.23. The van der Waals surface area contributed by atoms with Crippen molar-refractivity contribution in [3.8, 4) is 5.75 Å². The lowest BCUT2D eigenvalue weighted by Crippen LogP contribution is -2.08. The van der Waals surface area contributed by atoms with Crippen LogP contribution in [0, 0.1) is 11.8 Å². The van der Waals surface area contributed by atoms with Gasteiger partial charge in [-0.1, -0.05) is 15.9 Å². The average Bonchev–Trinajstić information content (AvgIpc) is 3.07. The van der Waals surface area contributed by atoms with E-state index in [1.807, 2.05) is 24.3 Å². The van der Waals surface area contributed by atoms with Crippen LogP contribution in [0.5, 0.6) is 5.75 Å². The fourth-order valence-corrected chi connectivity index (χ4v) is 1.87. The highest BCUT2D eigenvalue weighted by molar-refractivity contribution is 9.10. The van der Waals surface area contributed by atoms with Crippen LogP contribution in [0.2, 0.25) is 0 Å². The first kappa shape index (κ1) is 11.5. The number of methoxy groups -OCH3 is 1. The summed E-state index contributed by atoms with van der Waals surface area (Å²) in [5, 5.41) is 0. The molecule has 1 aromatic carbocycles. The molecule has 0 aliphatic heterocycles. The van der Waals surface area contributed by atoms with Crippen molar-refractivity contribution in [2.75, 3.05) is 13.7 Å². The maximum atomic E-state index is 11.2. The van der Waals surface area contributed by atoms with Gasteiger partial charge in [-0.25, -0.2) is 0 Å². The summed E-state index contributed by atoms with van der Waals surface area (Å²) >= 11 is 3.36. The van der Waals surface area contributed by atoms with E-state index in [2.05, 4.69) is 20.7 Å². The van der Waals surface area contributed by atoms with Gasteiger partial charge < -0.3 is 9.47 Å². The molecule has 16 heavy (non-hydrogen) atoms. The molecular weight excluding hydrogens is 272 g/mol. The van der Waals surface area contributed by atoms with E-state index in [0.29, 0.717) is 12.5 Å². The summed E-state index contributed by atoms with van der Waals surface area (Å²) < 4.78 is 11.3. The second-order valence-electron chi connectivity index (χ2n) is 3.89. The monoisotopic (exact) mass is 284 g/mol. The maximum absolute atomic E-state index is 11.2. The summed E-state index contributed by atoms with van der Waals surface area (Å²) in [4.78, 5) is 11.2. The zero-order valence-corrected chi connectivity index (χ0v) is 10.6. The standard InChI is InChI=1S/C12H13BrO3/c1-15-12(14)11-6-8(11)7-16-10-4-2-9(13)3-5-10/h2-5,8,11H,6-7H2,1H3. The molecule has 0 bridgehead atoms. The van der Waals surface area contributed by atoms with Crippen molar-refractivity contribution in [2.24, 2.45) is 11.8 Å². The number of carbonyl (C=O) groups excluding carboxylic acids is 1. The number of rotatable bonds is 4. The van der Waals surface area contributed by atoms with Crippen LogP contribution in [-0.2, 0) is 9.53 Å². The first-order valence-electron chi connectivity index (χ1n) is 5.17. The van der Waals surface area contributed by atoms with E-state index in [-0.39, 0.29) is 11.9 Å². The minimum atomic E-state index is -0.121. The van der Waals surface area contributed by atoms with Gasteiger partial charge in [-0.2, -0.15) is 0 Å². The zero-order valence-electron chi connectivity index (χ0n) is 8.98. The van der Waals surface area contributed by atoms with E-state index in [0.717, 1.165) is 16.6 Å². The number of carbonyl (C=O) groups is 1. The Hall–Kier alpha value is -1.03. The van der Waals surface area contributed by atoms with Crippen LogP contribution >= 0.6 is 15.9 Å². The summed E-state index contributed by atoms with van der Waals surface area (Å²) in [5.74, 6) is 1.07. The molecular formula is C12H13BrO3. The number of hydrogen-bond acceptors (Lipinski definition) is 3. The van der Waals surface area contributed by atoms with E-state index in [1.54, 1.807) is 0 Å². The van der Waals surface area contributed by atoms with E-state index in [4.69, 9.17) is 4.74 Å². The predicted octanol–water partition coefficient (Wildman–Crippen LogP) is 2.64. The molecule has 4 heteroatoms. The molecule has 2 atom stereocenters. The van der Waals surface area contributed by atoms with Crippen LogP contribution in [0.25, 0.3) is 0 Å². The Morgan fingerprint density at radius 1 is 1.44 bits per heavy atom. The number of benzene rings is 1. The molecule has 2 unspecified atom stereocenters. The lowest BCUT2D eigenvalue weighted by Gasteiger charge is -2.05. The SMILES string of the molecule is COC(=O)C1CC1COc1ccc(Br)cc1. The van der Waals surface area contributed by atoms with Crippen LogP contribution in [0.3, 0.4) is 0 Å². The van der Waals surface area contributed by atoms with E-state index >= 15 is 0 Å². The van der Waals surface area contributed by atoms with Gasteiger partial charge in [-0.05, 0) is 30.7 Å². The van der Waals surface area contributed by atoms with Gasteiger partial charge in [0.2, 0.25) is 0 Å². The highest BCUT2D eigenvalue weighted by atomic mass is 79.9. The third-order valence-electron chi connectivity index (χ3n) is 2.70. The molecule has 86 valence electrons. The largest absolute Gasteiger partial charge is 0.493 e. The molecule has 1 aliphatic carbocycles. The molecule has 0 spiro atoms. The topological polar surface area (TPSA) is 35.5 Å². The average molecular weight is 285 g/mol. The second-order valence-corrected chi connectivity index (χ2v) is 4.81. The normalized spacial score (nSPS) is 22.6. The summed E-state index contributed by atoms with van der Waals surface area (Å²) in [5.41, 5.74) is 0. The first-order chi connectivity index (χ1) is 7.70. The first-order valence-corrected chi connectivity index (χ1v) is 5.96. The van der Waals surface area contributed by atoms with Crippen molar-refractivity contribution < 1.29 is 14.3 Å². The Kier molecular flexibility index (Phi) is 3.49. The Morgan fingerprint density at radius 2 is 2.12 bits per heavy atom. The Morgan fingerprint density at radius 3 is 2.75 bits per heavy atom. The van der Waals surface area contributed by atoms with Crippen LogP contribution < -0.4 is 4.74 Å². The maximum Gasteiger partial charge on any atom is 0.309 e. The Balaban J connectivity index is 1.77. The van der Waals surface area contributed by atoms with Crippen LogP contribution in [0.15, 0.2) is 28.7 Å². The zero-order chi connectivity index (χ0) is 11.5. The molecule has 0 heterocycles. The van der Waals surface area contributed by atoms with E-state index in [9.17, 15) is 4.79 Å². The molecule has 1 aliphatic rings. The molecule has 1 fully saturated rings. The van der Waals surface area contributed by atoms with E-state index < -0.39 is 0 Å². The fourth-order valence-electron chi connectivity index (χ4n) is 1.61. The lowest BCUT2D eigenvalue weighted by atomic mass is 10.3. The summed E-state index contributed by atoms with van der Waals surface area (Å²) in [6.07, 6.45) is 0.878. The molecule has 0 radical (unpaired) electrons. The predicted molar refractivity (Wildman–Crippen MR) is 63.3 cm³/mol. The molecule has 1 saturated carbocycles. The minimum absolute atomic E-state index is 0.0421. The number of hydrogen-bond donors (Lipinski definition) is 0. The second kappa shape index (κ2) is 4.87. The van der Waals surface area contributed by atoms with Crippen molar-refractivity contribution in [2.45, 2.75) is 6.42 Å². The van der Waals surface area contributed by atoms with Crippen LogP contribution in [0.4, 0.5) is 0 Å². The van der Waals surface area contributed by atoms with Crippen molar-refractivity contribution in [3.05, 3.63) is 28.7 Å². The third kappa shape index (κ3) is 2.76. The fraction of sp³-hybridized carbons (Fsp3) is 0.417. The highest BCUT2D eigenvalue weighted by Crippen LogP contribution is 2.39. The van der Waals surface area contributed by atoms with Gasteiger partial charge in [-0.15, -0.1) is 0 Å². The summed E-state index contributed by atoms with van der Waals surface area (Å²) in [6, 6.07) is 7.67. The molecule has 3 nitrogen and oxygen atoms in total. The quantitative estimate of drug-likeness (QED) is 0.798. The van der Waals surface area contributed by atoms with Gasteiger partial charge in [0.05, 0.1) is 19.6 Å². The van der Waals surface area contributed by atoms with E-state index in [1.165, 1.54) is 7.11 Å². The van der Waals surface area contributed by atoms with Crippen LogP contribution in [0.1, 0.15) is 6.42 Å². The molecule has 0 amide bonds. The van der Waals surface area contributed by atoms with Crippen LogP contribution in [-0.4, -0.2) is 19.7 Å². The van der Waals surface area contributed by atoms with Gasteiger partial charge in [-0.3, -0.25) is 4.79 Å². The molecule has 0 aromatic heterocycles. The number of ether oxygens (including phenoxy) is 2. The van der Waals surface area contributed by atoms with Crippen molar-refractivity contribution >= 4 is 21.9 Å². The minimum Gasteiger partial charge on any atom is -0.493 e.